The number of anilines is 1. The molecule has 0 fully saturated rings. The van der Waals surface area contributed by atoms with E-state index in [0.717, 1.165) is 11.9 Å². The zero-order valence-corrected chi connectivity index (χ0v) is 10.6. The van der Waals surface area contributed by atoms with Crippen LogP contribution in [0.4, 0.5) is 5.69 Å². The average Bonchev–Trinajstić information content (AvgIpc) is 2.38. The Bertz CT molecular complexity index is 474. The van der Waals surface area contributed by atoms with Crippen molar-refractivity contribution in [3.8, 4) is 0 Å². The summed E-state index contributed by atoms with van der Waals surface area (Å²) >= 11 is 0. The summed E-state index contributed by atoms with van der Waals surface area (Å²) in [6.45, 7) is 4.46. The lowest BCUT2D eigenvalue weighted by Crippen LogP contribution is -2.18. The van der Waals surface area contributed by atoms with Gasteiger partial charge in [0, 0.05) is 23.3 Å². The average molecular weight is 228 g/mol. The van der Waals surface area contributed by atoms with Crippen LogP contribution < -0.4 is 5.32 Å². The van der Waals surface area contributed by atoms with E-state index < -0.39 is 0 Å². The molecule has 1 aromatic heterocycles. The van der Waals surface area contributed by atoms with Crippen LogP contribution >= 0.6 is 0 Å². The van der Waals surface area contributed by atoms with Crippen molar-refractivity contribution in [1.29, 1.82) is 0 Å². The lowest BCUT2D eigenvalue weighted by atomic mass is 10.1. The number of hydrogen-bond donors (Lipinski definition) is 1. The summed E-state index contributed by atoms with van der Waals surface area (Å²) < 4.78 is 0. The van der Waals surface area contributed by atoms with Crippen molar-refractivity contribution in [3.05, 3.63) is 36.5 Å². The van der Waals surface area contributed by atoms with Crippen LogP contribution in [0.2, 0.25) is 0 Å². The molecule has 2 nitrogen and oxygen atoms in total. The molecular weight excluding hydrogens is 208 g/mol. The Morgan fingerprint density at radius 3 is 2.76 bits per heavy atom. The van der Waals surface area contributed by atoms with E-state index in [1.165, 1.54) is 23.9 Å². The number of aromatic nitrogens is 1. The first-order valence-electron chi connectivity index (χ1n) is 6.45. The summed E-state index contributed by atoms with van der Waals surface area (Å²) in [7, 11) is 0. The van der Waals surface area contributed by atoms with Gasteiger partial charge in [0.25, 0.3) is 0 Å². The molecule has 2 rings (SSSR count). The van der Waals surface area contributed by atoms with Crippen LogP contribution in [0, 0.1) is 0 Å². The Hall–Kier alpha value is -1.57. The molecule has 0 radical (unpaired) electrons. The van der Waals surface area contributed by atoms with Crippen LogP contribution in [-0.4, -0.2) is 11.0 Å². The van der Waals surface area contributed by atoms with Gasteiger partial charge in [-0.3, -0.25) is 4.98 Å². The molecule has 0 saturated carbocycles. The van der Waals surface area contributed by atoms with E-state index in [0.29, 0.717) is 6.04 Å². The zero-order chi connectivity index (χ0) is 12.1. The molecule has 1 atom stereocenters. The molecule has 1 aromatic carbocycles. The standard InChI is InChI=1S/C15H20N2/c1-3-7-12(4-2)17-15-10-11-16-14-9-6-5-8-13(14)15/h5-6,8-12H,3-4,7H2,1-2H3,(H,16,17). The molecule has 2 aromatic rings. The molecule has 1 N–H and O–H groups in total. The predicted octanol–water partition coefficient (Wildman–Crippen LogP) is 4.23. The maximum Gasteiger partial charge on any atom is 0.0722 e. The lowest BCUT2D eigenvalue weighted by molar-refractivity contribution is 0.623. The molecular formula is C15H20N2. The Morgan fingerprint density at radius 2 is 2.00 bits per heavy atom. The summed E-state index contributed by atoms with van der Waals surface area (Å²) in [5, 5.41) is 4.85. The topological polar surface area (TPSA) is 24.9 Å². The summed E-state index contributed by atoms with van der Waals surface area (Å²) in [6.07, 6.45) is 5.47. The van der Waals surface area contributed by atoms with Gasteiger partial charge < -0.3 is 5.32 Å². The van der Waals surface area contributed by atoms with E-state index in [1.54, 1.807) is 0 Å². The second kappa shape index (κ2) is 5.67. The number of nitrogens with one attached hydrogen (secondary N) is 1. The summed E-state index contributed by atoms with van der Waals surface area (Å²) in [6, 6.07) is 10.9. The zero-order valence-electron chi connectivity index (χ0n) is 10.6. The molecule has 0 aliphatic carbocycles. The number of hydrogen-bond acceptors (Lipinski definition) is 2. The lowest BCUT2D eigenvalue weighted by Gasteiger charge is -2.18. The fourth-order valence-corrected chi connectivity index (χ4v) is 2.17. The normalized spacial score (nSPS) is 12.6. The van der Waals surface area contributed by atoms with Gasteiger partial charge in [-0.15, -0.1) is 0 Å². The molecule has 17 heavy (non-hydrogen) atoms. The summed E-state index contributed by atoms with van der Waals surface area (Å²) in [4.78, 5) is 4.38. The van der Waals surface area contributed by atoms with Crippen LogP contribution in [-0.2, 0) is 0 Å². The number of rotatable bonds is 5. The van der Waals surface area contributed by atoms with Crippen molar-refractivity contribution in [1.82, 2.24) is 4.98 Å². The number of para-hydroxylation sites is 1. The van der Waals surface area contributed by atoms with Gasteiger partial charge in [0.2, 0.25) is 0 Å². The Morgan fingerprint density at radius 1 is 1.18 bits per heavy atom. The Kier molecular flexibility index (Phi) is 3.97. The van der Waals surface area contributed by atoms with Crippen molar-refractivity contribution >= 4 is 16.6 Å². The van der Waals surface area contributed by atoms with E-state index in [4.69, 9.17) is 0 Å². The highest BCUT2D eigenvalue weighted by Crippen LogP contribution is 2.22. The highest BCUT2D eigenvalue weighted by atomic mass is 14.9. The highest BCUT2D eigenvalue weighted by molar-refractivity contribution is 5.90. The molecule has 0 bridgehead atoms. The maximum atomic E-state index is 4.38. The van der Waals surface area contributed by atoms with Gasteiger partial charge in [-0.05, 0) is 25.0 Å². The molecule has 0 amide bonds. The minimum Gasteiger partial charge on any atom is -0.382 e. The SMILES string of the molecule is CCCC(CC)Nc1ccnc2ccccc12. The van der Waals surface area contributed by atoms with Crippen molar-refractivity contribution < 1.29 is 0 Å². The second-order valence-corrected chi connectivity index (χ2v) is 4.41. The third-order valence-corrected chi connectivity index (χ3v) is 3.14. The first kappa shape index (κ1) is 11.9. The van der Waals surface area contributed by atoms with Crippen molar-refractivity contribution in [2.75, 3.05) is 5.32 Å². The minimum atomic E-state index is 0.561. The minimum absolute atomic E-state index is 0.561. The number of nitrogens with zero attached hydrogens (tertiary/aromatic N) is 1. The largest absolute Gasteiger partial charge is 0.382 e. The fourth-order valence-electron chi connectivity index (χ4n) is 2.17. The Balaban J connectivity index is 2.28. The van der Waals surface area contributed by atoms with E-state index in [1.807, 2.05) is 12.3 Å². The number of benzene rings is 1. The van der Waals surface area contributed by atoms with E-state index in [2.05, 4.69) is 48.4 Å². The first-order valence-corrected chi connectivity index (χ1v) is 6.45. The molecule has 90 valence electrons. The van der Waals surface area contributed by atoms with Gasteiger partial charge in [-0.25, -0.2) is 0 Å². The molecule has 2 heteroatoms. The summed E-state index contributed by atoms with van der Waals surface area (Å²) in [5.41, 5.74) is 2.26. The van der Waals surface area contributed by atoms with Crippen molar-refractivity contribution in [2.45, 2.75) is 39.2 Å². The Labute approximate surface area is 103 Å². The maximum absolute atomic E-state index is 4.38. The van der Waals surface area contributed by atoms with Crippen LogP contribution in [0.3, 0.4) is 0 Å². The van der Waals surface area contributed by atoms with E-state index in [9.17, 15) is 0 Å². The van der Waals surface area contributed by atoms with E-state index >= 15 is 0 Å². The highest BCUT2D eigenvalue weighted by Gasteiger charge is 2.07. The van der Waals surface area contributed by atoms with Crippen LogP contribution in [0.5, 0.6) is 0 Å². The van der Waals surface area contributed by atoms with E-state index in [-0.39, 0.29) is 0 Å². The monoisotopic (exact) mass is 228 g/mol. The van der Waals surface area contributed by atoms with Crippen molar-refractivity contribution in [3.63, 3.8) is 0 Å². The third-order valence-electron chi connectivity index (χ3n) is 3.14. The van der Waals surface area contributed by atoms with Gasteiger partial charge in [0.15, 0.2) is 0 Å². The molecule has 0 spiro atoms. The third kappa shape index (κ3) is 2.76. The van der Waals surface area contributed by atoms with Gasteiger partial charge >= 0.3 is 0 Å². The molecule has 0 aliphatic rings. The van der Waals surface area contributed by atoms with Crippen LogP contribution in [0.15, 0.2) is 36.5 Å². The summed E-state index contributed by atoms with van der Waals surface area (Å²) in [5.74, 6) is 0. The van der Waals surface area contributed by atoms with Gasteiger partial charge in [-0.1, -0.05) is 38.5 Å². The number of fused-ring (bicyclic) bond motifs is 1. The van der Waals surface area contributed by atoms with Gasteiger partial charge in [-0.2, -0.15) is 0 Å². The second-order valence-electron chi connectivity index (χ2n) is 4.41. The smallest absolute Gasteiger partial charge is 0.0722 e. The van der Waals surface area contributed by atoms with Gasteiger partial charge in [0.1, 0.15) is 0 Å². The number of pyridine rings is 1. The van der Waals surface area contributed by atoms with Crippen molar-refractivity contribution in [2.24, 2.45) is 0 Å². The molecule has 0 saturated heterocycles. The quantitative estimate of drug-likeness (QED) is 0.828. The van der Waals surface area contributed by atoms with Gasteiger partial charge in [0.05, 0.1) is 5.52 Å². The molecule has 0 aliphatic heterocycles. The predicted molar refractivity (Wildman–Crippen MR) is 74.4 cm³/mol. The first-order chi connectivity index (χ1) is 8.35. The molecule has 1 unspecified atom stereocenters. The fraction of sp³-hybridized carbons (Fsp3) is 0.400. The molecule has 1 heterocycles. The van der Waals surface area contributed by atoms with Crippen LogP contribution in [0.1, 0.15) is 33.1 Å². The van der Waals surface area contributed by atoms with Crippen LogP contribution in [0.25, 0.3) is 10.9 Å².